The van der Waals surface area contributed by atoms with Crippen LogP contribution in [0.2, 0.25) is 0 Å². The van der Waals surface area contributed by atoms with E-state index >= 15 is 0 Å². The topological polar surface area (TPSA) is 113 Å². The molecule has 0 aliphatic carbocycles. The van der Waals surface area contributed by atoms with Crippen molar-refractivity contribution < 1.29 is 26.9 Å². The average molecular weight is 619 g/mol. The first-order chi connectivity index (χ1) is 20.6. The number of allylic oxidation sites excluding steroid dienone is 1. The van der Waals surface area contributed by atoms with Gasteiger partial charge in [0.1, 0.15) is 4.90 Å². The van der Waals surface area contributed by atoms with E-state index in [9.17, 15) is 18.0 Å². The van der Waals surface area contributed by atoms with Crippen LogP contribution >= 0.6 is 11.3 Å². The van der Waals surface area contributed by atoms with Crippen molar-refractivity contribution in [3.05, 3.63) is 120 Å². The first-order valence-electron chi connectivity index (χ1n) is 13.7. The minimum atomic E-state index is -4.10. The van der Waals surface area contributed by atoms with Crippen molar-refractivity contribution in [2.75, 3.05) is 13.2 Å². The van der Waals surface area contributed by atoms with Crippen molar-refractivity contribution in [3.63, 3.8) is 0 Å². The number of thiazole rings is 1. The zero-order valence-electron chi connectivity index (χ0n) is 24.1. The van der Waals surface area contributed by atoms with E-state index in [2.05, 4.69) is 4.99 Å². The summed E-state index contributed by atoms with van der Waals surface area (Å²) >= 11 is 1.19. The van der Waals surface area contributed by atoms with Crippen LogP contribution in [-0.2, 0) is 19.6 Å². The maximum atomic E-state index is 13.9. The lowest BCUT2D eigenvalue weighted by molar-refractivity contribution is -0.139. The average Bonchev–Trinajstić information content (AvgIpc) is 3.28. The third-order valence-corrected chi connectivity index (χ3v) is 8.94. The SMILES string of the molecule is CCOC(=O)C1=C(C)N=c2s/c(=C\c3ccc(OS(=O)(=O)c4ccc(C)cc4)c(OCC)c3)c(=O)n2[C@@H]1c1ccccc1. The molecule has 43 heavy (non-hydrogen) atoms. The van der Waals surface area contributed by atoms with Gasteiger partial charge >= 0.3 is 16.1 Å². The van der Waals surface area contributed by atoms with Crippen molar-refractivity contribution in [1.29, 1.82) is 0 Å². The molecule has 11 heteroatoms. The van der Waals surface area contributed by atoms with Crippen molar-refractivity contribution in [2.45, 2.75) is 38.6 Å². The number of aromatic nitrogens is 1. The van der Waals surface area contributed by atoms with Gasteiger partial charge in [-0.15, -0.1) is 0 Å². The fourth-order valence-electron chi connectivity index (χ4n) is 4.72. The van der Waals surface area contributed by atoms with Gasteiger partial charge in [0.05, 0.1) is 35.1 Å². The van der Waals surface area contributed by atoms with Crippen LogP contribution in [0.15, 0.2) is 98.7 Å². The molecule has 1 atom stereocenters. The zero-order chi connectivity index (χ0) is 30.7. The van der Waals surface area contributed by atoms with E-state index in [0.29, 0.717) is 26.2 Å². The molecule has 0 fully saturated rings. The van der Waals surface area contributed by atoms with Crippen molar-refractivity contribution >= 4 is 33.5 Å². The smallest absolute Gasteiger partial charge is 0.339 e. The van der Waals surface area contributed by atoms with Gasteiger partial charge in [0.25, 0.3) is 5.56 Å². The number of aryl methyl sites for hydroxylation is 1. The molecule has 222 valence electrons. The monoisotopic (exact) mass is 618 g/mol. The summed E-state index contributed by atoms with van der Waals surface area (Å²) in [5, 5.41) is 0. The number of hydrogen-bond donors (Lipinski definition) is 0. The van der Waals surface area contributed by atoms with Gasteiger partial charge in [-0.05, 0) is 69.2 Å². The van der Waals surface area contributed by atoms with E-state index in [1.54, 1.807) is 51.1 Å². The number of carbonyl (C=O) groups is 1. The zero-order valence-corrected chi connectivity index (χ0v) is 25.7. The van der Waals surface area contributed by atoms with E-state index < -0.39 is 22.1 Å². The number of rotatable bonds is 9. The van der Waals surface area contributed by atoms with E-state index in [4.69, 9.17) is 13.7 Å². The molecule has 1 aromatic heterocycles. The molecule has 2 heterocycles. The number of ether oxygens (including phenoxy) is 2. The second-order valence-corrected chi connectivity index (χ2v) is 12.3. The summed E-state index contributed by atoms with van der Waals surface area (Å²) in [6.45, 7) is 7.55. The van der Waals surface area contributed by atoms with Gasteiger partial charge in [-0.1, -0.05) is 65.4 Å². The quantitative estimate of drug-likeness (QED) is 0.203. The summed E-state index contributed by atoms with van der Waals surface area (Å²) in [4.78, 5) is 31.9. The summed E-state index contributed by atoms with van der Waals surface area (Å²) in [6, 6.07) is 19.7. The summed E-state index contributed by atoms with van der Waals surface area (Å²) in [5.74, 6) is -0.286. The molecule has 4 aromatic rings. The highest BCUT2D eigenvalue weighted by atomic mass is 32.2. The van der Waals surface area contributed by atoms with Crippen LogP contribution in [0.1, 0.15) is 43.5 Å². The number of benzene rings is 3. The third-order valence-electron chi connectivity index (χ3n) is 6.71. The van der Waals surface area contributed by atoms with E-state index in [0.717, 1.165) is 11.1 Å². The lowest BCUT2D eigenvalue weighted by atomic mass is 9.96. The number of carbonyl (C=O) groups excluding carboxylic acids is 1. The van der Waals surface area contributed by atoms with Gasteiger partial charge in [-0.25, -0.2) is 9.79 Å². The second-order valence-electron chi connectivity index (χ2n) is 9.70. The van der Waals surface area contributed by atoms with Crippen LogP contribution in [0, 0.1) is 6.92 Å². The van der Waals surface area contributed by atoms with Gasteiger partial charge in [-0.3, -0.25) is 9.36 Å². The van der Waals surface area contributed by atoms with Crippen LogP contribution in [0.5, 0.6) is 11.5 Å². The van der Waals surface area contributed by atoms with Crippen LogP contribution in [0.4, 0.5) is 0 Å². The summed E-state index contributed by atoms with van der Waals surface area (Å²) in [7, 11) is -4.10. The Bertz CT molecular complexity index is 1990. The molecular weight excluding hydrogens is 588 g/mol. The minimum Gasteiger partial charge on any atom is -0.490 e. The minimum absolute atomic E-state index is 0.0242. The van der Waals surface area contributed by atoms with E-state index in [1.165, 1.54) is 34.1 Å². The molecule has 5 rings (SSSR count). The van der Waals surface area contributed by atoms with Crippen molar-refractivity contribution in [2.24, 2.45) is 4.99 Å². The Labute approximate surface area is 253 Å². The predicted octanol–water partition coefficient (Wildman–Crippen LogP) is 4.27. The Balaban J connectivity index is 1.57. The summed E-state index contributed by atoms with van der Waals surface area (Å²) in [5.41, 5.74) is 2.73. The molecule has 1 aliphatic rings. The second kappa shape index (κ2) is 12.4. The van der Waals surface area contributed by atoms with E-state index in [1.807, 2.05) is 37.3 Å². The van der Waals surface area contributed by atoms with Crippen LogP contribution < -0.4 is 23.8 Å². The molecule has 0 amide bonds. The normalized spacial score (nSPS) is 15.1. The Hall–Kier alpha value is -4.48. The number of esters is 1. The van der Waals surface area contributed by atoms with Gasteiger partial charge in [-0.2, -0.15) is 8.42 Å². The molecule has 0 unspecified atom stereocenters. The summed E-state index contributed by atoms with van der Waals surface area (Å²) < 4.78 is 44.2. The molecular formula is C32H30N2O7S2. The molecule has 0 saturated heterocycles. The molecule has 0 radical (unpaired) electrons. The van der Waals surface area contributed by atoms with Crippen LogP contribution in [-0.4, -0.2) is 32.2 Å². The fourth-order valence-corrected chi connectivity index (χ4v) is 6.70. The maximum Gasteiger partial charge on any atom is 0.339 e. The van der Waals surface area contributed by atoms with Crippen LogP contribution in [0.25, 0.3) is 6.08 Å². The Kier molecular flexibility index (Phi) is 8.65. The van der Waals surface area contributed by atoms with Crippen molar-refractivity contribution in [1.82, 2.24) is 4.57 Å². The predicted molar refractivity (Wildman–Crippen MR) is 163 cm³/mol. The highest BCUT2D eigenvalue weighted by Gasteiger charge is 2.33. The largest absolute Gasteiger partial charge is 0.490 e. The highest BCUT2D eigenvalue weighted by molar-refractivity contribution is 7.87. The molecule has 9 nitrogen and oxygen atoms in total. The number of fused-ring (bicyclic) bond motifs is 1. The Morgan fingerprint density at radius 1 is 0.977 bits per heavy atom. The molecule has 0 N–H and O–H groups in total. The number of hydrogen-bond acceptors (Lipinski definition) is 9. The molecule has 3 aromatic carbocycles. The molecule has 0 spiro atoms. The van der Waals surface area contributed by atoms with Crippen LogP contribution in [0.3, 0.4) is 0 Å². The standard InChI is InChI=1S/C32H30N2O7S2/c1-5-39-26-18-22(14-17-25(26)41-43(37,38)24-15-12-20(3)13-16-24)19-27-30(35)34-29(23-10-8-7-9-11-23)28(31(36)40-6-2)21(4)33-32(34)42-27/h7-19,29H,5-6H2,1-4H3/b27-19-/t29-/m1/s1. The maximum absolute atomic E-state index is 13.9. The Morgan fingerprint density at radius 2 is 1.70 bits per heavy atom. The number of nitrogens with zero attached hydrogens (tertiary/aromatic N) is 2. The lowest BCUT2D eigenvalue weighted by Gasteiger charge is -2.24. The summed E-state index contributed by atoms with van der Waals surface area (Å²) in [6.07, 6.45) is 1.68. The highest BCUT2D eigenvalue weighted by Crippen LogP contribution is 2.32. The first-order valence-corrected chi connectivity index (χ1v) is 15.9. The van der Waals surface area contributed by atoms with Gasteiger partial charge < -0.3 is 13.7 Å². The van der Waals surface area contributed by atoms with Gasteiger partial charge in [0.2, 0.25) is 0 Å². The molecule has 0 bridgehead atoms. The van der Waals surface area contributed by atoms with E-state index in [-0.39, 0.29) is 35.2 Å². The molecule has 1 aliphatic heterocycles. The fraction of sp³-hybridized carbons (Fsp3) is 0.219. The van der Waals surface area contributed by atoms with Crippen molar-refractivity contribution in [3.8, 4) is 11.5 Å². The Morgan fingerprint density at radius 3 is 2.37 bits per heavy atom. The molecule has 0 saturated carbocycles. The third kappa shape index (κ3) is 6.18. The van der Waals surface area contributed by atoms with Gasteiger partial charge in [0.15, 0.2) is 16.3 Å². The van der Waals surface area contributed by atoms with Gasteiger partial charge in [0, 0.05) is 0 Å². The lowest BCUT2D eigenvalue weighted by Crippen LogP contribution is -2.39. The first kappa shape index (κ1) is 30.0.